The summed E-state index contributed by atoms with van der Waals surface area (Å²) in [4.78, 5) is 11.4. The molecule has 1 N–H and O–H groups in total. The number of rotatable bonds is 2. The first-order valence-corrected chi connectivity index (χ1v) is 5.73. The summed E-state index contributed by atoms with van der Waals surface area (Å²) in [6, 6.07) is 1.76. The number of hydrogen-bond donors (Lipinski definition) is 1. The molecule has 1 aliphatic carbocycles. The number of carbonyl (C=O) groups is 1. The van der Waals surface area contributed by atoms with Crippen LogP contribution in [0.4, 0.5) is 8.78 Å². The molecular formula is C12H11ClF2O2. The van der Waals surface area contributed by atoms with Crippen molar-refractivity contribution in [1.29, 1.82) is 0 Å². The lowest BCUT2D eigenvalue weighted by atomic mass is 9.78. The average molecular weight is 261 g/mol. The average Bonchev–Trinajstić information content (AvgIpc) is 2.73. The van der Waals surface area contributed by atoms with Gasteiger partial charge in [0.05, 0.1) is 10.4 Å². The number of aliphatic carboxylic acids is 1. The van der Waals surface area contributed by atoms with Crippen molar-refractivity contribution in [1.82, 2.24) is 0 Å². The van der Waals surface area contributed by atoms with Crippen LogP contribution in [0.5, 0.6) is 0 Å². The van der Waals surface area contributed by atoms with E-state index in [-0.39, 0.29) is 10.6 Å². The molecule has 5 heteroatoms. The molecule has 1 fully saturated rings. The first kappa shape index (κ1) is 12.3. The van der Waals surface area contributed by atoms with E-state index in [1.54, 1.807) is 0 Å². The fraction of sp³-hybridized carbons (Fsp3) is 0.417. The van der Waals surface area contributed by atoms with Gasteiger partial charge < -0.3 is 5.11 Å². The van der Waals surface area contributed by atoms with Crippen LogP contribution in [0, 0.1) is 11.6 Å². The highest BCUT2D eigenvalue weighted by Gasteiger charge is 2.45. The van der Waals surface area contributed by atoms with Crippen molar-refractivity contribution >= 4 is 17.6 Å². The quantitative estimate of drug-likeness (QED) is 0.826. The van der Waals surface area contributed by atoms with Gasteiger partial charge in [-0.3, -0.25) is 4.79 Å². The summed E-state index contributed by atoms with van der Waals surface area (Å²) in [6.07, 6.45) is 2.17. The minimum Gasteiger partial charge on any atom is -0.481 e. The topological polar surface area (TPSA) is 37.3 Å². The molecule has 1 aliphatic rings. The molecule has 2 nitrogen and oxygen atoms in total. The Labute approximate surface area is 102 Å². The highest BCUT2D eigenvalue weighted by atomic mass is 35.5. The lowest BCUT2D eigenvalue weighted by Crippen LogP contribution is -2.33. The summed E-state index contributed by atoms with van der Waals surface area (Å²) in [5, 5.41) is 9.06. The van der Waals surface area contributed by atoms with Gasteiger partial charge in [0.2, 0.25) is 0 Å². The molecule has 1 aromatic carbocycles. The Morgan fingerprint density at radius 3 is 2.35 bits per heavy atom. The third-order valence-corrected chi connectivity index (χ3v) is 3.68. The van der Waals surface area contributed by atoms with Crippen LogP contribution in [0.1, 0.15) is 31.2 Å². The van der Waals surface area contributed by atoms with E-state index in [0.717, 1.165) is 18.9 Å². The molecule has 0 amide bonds. The minimum absolute atomic E-state index is 0.00565. The Morgan fingerprint density at radius 1 is 1.24 bits per heavy atom. The summed E-state index contributed by atoms with van der Waals surface area (Å²) < 4.78 is 26.8. The molecule has 0 bridgehead atoms. The standard InChI is InChI=1S/C12H11ClF2O2/c13-8-5-7(9(14)6-10(8)15)12(11(16)17)3-1-2-4-12/h5-6H,1-4H2,(H,16,17). The van der Waals surface area contributed by atoms with Gasteiger partial charge >= 0.3 is 5.97 Å². The van der Waals surface area contributed by atoms with E-state index in [4.69, 9.17) is 11.6 Å². The smallest absolute Gasteiger partial charge is 0.314 e. The van der Waals surface area contributed by atoms with E-state index in [2.05, 4.69) is 0 Å². The molecule has 1 saturated carbocycles. The van der Waals surface area contributed by atoms with Crippen LogP contribution in [-0.2, 0) is 10.2 Å². The summed E-state index contributed by atoms with van der Waals surface area (Å²) in [6.45, 7) is 0. The maximum Gasteiger partial charge on any atom is 0.314 e. The molecule has 0 aliphatic heterocycles. The van der Waals surface area contributed by atoms with Gasteiger partial charge in [-0.05, 0) is 18.9 Å². The first-order chi connectivity index (χ1) is 7.97. The molecule has 0 radical (unpaired) electrons. The maximum absolute atomic E-state index is 13.7. The normalized spacial score (nSPS) is 18.3. The number of carboxylic acids is 1. The van der Waals surface area contributed by atoms with Gasteiger partial charge in [-0.2, -0.15) is 0 Å². The van der Waals surface area contributed by atoms with Crippen LogP contribution >= 0.6 is 11.6 Å². The molecule has 2 rings (SSSR count). The Bertz CT molecular complexity index is 468. The van der Waals surface area contributed by atoms with E-state index in [9.17, 15) is 18.7 Å². The van der Waals surface area contributed by atoms with Crippen molar-refractivity contribution < 1.29 is 18.7 Å². The van der Waals surface area contributed by atoms with E-state index in [0.29, 0.717) is 18.9 Å². The summed E-state index contributed by atoms with van der Waals surface area (Å²) in [5.41, 5.74) is -1.25. The highest BCUT2D eigenvalue weighted by Crippen LogP contribution is 2.43. The van der Waals surface area contributed by atoms with Gasteiger partial charge in [0.1, 0.15) is 11.6 Å². The number of benzene rings is 1. The van der Waals surface area contributed by atoms with Crippen molar-refractivity contribution in [3.05, 3.63) is 34.4 Å². The van der Waals surface area contributed by atoms with Gasteiger partial charge in [-0.15, -0.1) is 0 Å². The summed E-state index contributed by atoms with van der Waals surface area (Å²) in [7, 11) is 0. The lowest BCUT2D eigenvalue weighted by molar-refractivity contribution is -0.143. The fourth-order valence-electron chi connectivity index (χ4n) is 2.47. The van der Waals surface area contributed by atoms with E-state index < -0.39 is 23.0 Å². The Kier molecular flexibility index (Phi) is 3.08. The zero-order chi connectivity index (χ0) is 12.6. The van der Waals surface area contributed by atoms with Crippen LogP contribution in [-0.4, -0.2) is 11.1 Å². The SMILES string of the molecule is O=C(O)C1(c2cc(Cl)c(F)cc2F)CCCC1. The third kappa shape index (κ3) is 1.90. The zero-order valence-corrected chi connectivity index (χ0v) is 9.73. The lowest BCUT2D eigenvalue weighted by Gasteiger charge is -2.25. The summed E-state index contributed by atoms with van der Waals surface area (Å²) >= 11 is 5.60. The fourth-order valence-corrected chi connectivity index (χ4v) is 2.63. The summed E-state index contributed by atoms with van der Waals surface area (Å²) in [5.74, 6) is -2.78. The Balaban J connectivity index is 2.58. The molecule has 0 atom stereocenters. The second kappa shape index (κ2) is 4.26. The monoisotopic (exact) mass is 260 g/mol. The highest BCUT2D eigenvalue weighted by molar-refractivity contribution is 6.30. The molecule has 0 spiro atoms. The van der Waals surface area contributed by atoms with Crippen molar-refractivity contribution in [3.8, 4) is 0 Å². The van der Waals surface area contributed by atoms with E-state index >= 15 is 0 Å². The van der Waals surface area contributed by atoms with Gasteiger partial charge in [0, 0.05) is 11.6 Å². The predicted molar refractivity (Wildman–Crippen MR) is 59.1 cm³/mol. The molecule has 0 heterocycles. The van der Waals surface area contributed by atoms with Gasteiger partial charge in [0.25, 0.3) is 0 Å². The second-order valence-corrected chi connectivity index (χ2v) is 4.75. The number of hydrogen-bond acceptors (Lipinski definition) is 1. The first-order valence-electron chi connectivity index (χ1n) is 5.36. The van der Waals surface area contributed by atoms with E-state index in [1.807, 2.05) is 0 Å². The van der Waals surface area contributed by atoms with Gasteiger partial charge in [-0.25, -0.2) is 8.78 Å². The number of carboxylic acid groups (broad SMARTS) is 1. The Hall–Kier alpha value is -1.16. The second-order valence-electron chi connectivity index (χ2n) is 4.34. The Morgan fingerprint density at radius 2 is 1.82 bits per heavy atom. The van der Waals surface area contributed by atoms with Crippen molar-refractivity contribution in [2.75, 3.05) is 0 Å². The molecule has 92 valence electrons. The molecule has 0 saturated heterocycles. The third-order valence-electron chi connectivity index (χ3n) is 3.39. The van der Waals surface area contributed by atoms with Crippen molar-refractivity contribution in [2.45, 2.75) is 31.1 Å². The van der Waals surface area contributed by atoms with Gasteiger partial charge in [-0.1, -0.05) is 24.4 Å². The molecule has 1 aromatic rings. The molecule has 0 unspecified atom stereocenters. The zero-order valence-electron chi connectivity index (χ0n) is 8.97. The van der Waals surface area contributed by atoms with Crippen LogP contribution in [0.25, 0.3) is 0 Å². The molecule has 0 aromatic heterocycles. The van der Waals surface area contributed by atoms with Crippen molar-refractivity contribution in [2.24, 2.45) is 0 Å². The van der Waals surface area contributed by atoms with Crippen LogP contribution < -0.4 is 0 Å². The minimum atomic E-state index is -1.25. The largest absolute Gasteiger partial charge is 0.481 e. The maximum atomic E-state index is 13.7. The van der Waals surface area contributed by atoms with Crippen molar-refractivity contribution in [3.63, 3.8) is 0 Å². The van der Waals surface area contributed by atoms with Gasteiger partial charge in [0.15, 0.2) is 0 Å². The number of halogens is 3. The predicted octanol–water partition coefficient (Wildman–Crippen LogP) is 3.51. The molecule has 17 heavy (non-hydrogen) atoms. The van der Waals surface area contributed by atoms with Crippen LogP contribution in [0.2, 0.25) is 5.02 Å². The molecular weight excluding hydrogens is 250 g/mol. The van der Waals surface area contributed by atoms with Crippen LogP contribution in [0.3, 0.4) is 0 Å². The van der Waals surface area contributed by atoms with Crippen LogP contribution in [0.15, 0.2) is 12.1 Å². The van der Waals surface area contributed by atoms with E-state index in [1.165, 1.54) is 0 Å².